The Balaban J connectivity index is 2.24. The van der Waals surface area contributed by atoms with Crippen LogP contribution < -0.4 is 11.1 Å². The Morgan fingerprint density at radius 3 is 3.06 bits per heavy atom. The summed E-state index contributed by atoms with van der Waals surface area (Å²) in [6.07, 6.45) is 1.33. The van der Waals surface area contributed by atoms with Crippen LogP contribution in [0.25, 0.3) is 0 Å². The molecule has 1 saturated heterocycles. The van der Waals surface area contributed by atoms with Crippen molar-refractivity contribution in [3.05, 3.63) is 23.0 Å². The quantitative estimate of drug-likeness (QED) is 0.685. The lowest BCUT2D eigenvalue weighted by Crippen LogP contribution is -2.50. The lowest BCUT2D eigenvalue weighted by Gasteiger charge is -2.27. The normalized spacial score (nSPS) is 15.6. The molecule has 90 valence electrons. The number of hydrogen-bond donors (Lipinski definition) is 2. The lowest BCUT2D eigenvalue weighted by atomic mass is 10.2. The summed E-state index contributed by atoms with van der Waals surface area (Å²) >= 11 is 5.71. The summed E-state index contributed by atoms with van der Waals surface area (Å²) < 4.78 is 0. The summed E-state index contributed by atoms with van der Waals surface area (Å²) in [5.41, 5.74) is 6.19. The summed E-state index contributed by atoms with van der Waals surface area (Å²) in [6.45, 7) is 0.950. The van der Waals surface area contributed by atoms with Crippen LogP contribution in [0.2, 0.25) is 5.15 Å². The number of nitrogens with one attached hydrogen (secondary N) is 1. The Hall–Kier alpha value is -1.82. The molecule has 0 bridgehead atoms. The Bertz CT molecular complexity index is 477. The van der Waals surface area contributed by atoms with Crippen molar-refractivity contribution in [1.82, 2.24) is 15.2 Å². The van der Waals surface area contributed by atoms with Crippen LogP contribution in [0.3, 0.4) is 0 Å². The van der Waals surface area contributed by atoms with Crippen molar-refractivity contribution < 1.29 is 9.59 Å². The van der Waals surface area contributed by atoms with Gasteiger partial charge in [0.25, 0.3) is 5.91 Å². The van der Waals surface area contributed by atoms with Crippen molar-refractivity contribution in [2.24, 2.45) is 0 Å². The van der Waals surface area contributed by atoms with Crippen molar-refractivity contribution in [2.45, 2.75) is 0 Å². The van der Waals surface area contributed by atoms with Gasteiger partial charge in [-0.1, -0.05) is 11.6 Å². The van der Waals surface area contributed by atoms with Crippen molar-refractivity contribution >= 4 is 29.1 Å². The summed E-state index contributed by atoms with van der Waals surface area (Å²) in [6, 6.07) is 1.41. The molecule has 0 saturated carbocycles. The molecule has 0 spiro atoms. The molecule has 1 aromatic rings. The summed E-state index contributed by atoms with van der Waals surface area (Å²) in [5.74, 6) is -0.482. The molecule has 0 radical (unpaired) electrons. The van der Waals surface area contributed by atoms with Crippen LogP contribution in [0.1, 0.15) is 10.4 Å². The molecule has 0 aliphatic carbocycles. The van der Waals surface area contributed by atoms with E-state index in [9.17, 15) is 9.59 Å². The van der Waals surface area contributed by atoms with Gasteiger partial charge in [-0.3, -0.25) is 9.59 Å². The molecule has 1 fully saturated rings. The molecule has 1 aliphatic heterocycles. The highest BCUT2D eigenvalue weighted by Gasteiger charge is 2.23. The SMILES string of the molecule is Nc1cnc(Cl)cc1C(=O)N1CCNC(=O)C1. The van der Waals surface area contributed by atoms with Crippen LogP contribution >= 0.6 is 11.6 Å². The molecule has 0 unspecified atom stereocenters. The van der Waals surface area contributed by atoms with E-state index in [2.05, 4.69) is 10.3 Å². The number of hydrogen-bond acceptors (Lipinski definition) is 4. The highest BCUT2D eigenvalue weighted by atomic mass is 35.5. The monoisotopic (exact) mass is 254 g/mol. The molecular formula is C10H11ClN4O2. The number of nitrogen functional groups attached to an aromatic ring is 1. The predicted octanol–water partition coefficient (Wildman–Crippen LogP) is -0.111. The highest BCUT2D eigenvalue weighted by molar-refractivity contribution is 6.29. The Morgan fingerprint density at radius 2 is 2.35 bits per heavy atom. The fourth-order valence-electron chi connectivity index (χ4n) is 1.61. The van der Waals surface area contributed by atoms with Crippen LogP contribution in [0, 0.1) is 0 Å². The molecule has 6 nitrogen and oxygen atoms in total. The first-order valence-corrected chi connectivity index (χ1v) is 5.42. The third kappa shape index (κ3) is 2.47. The number of amides is 2. The first-order valence-electron chi connectivity index (χ1n) is 5.05. The first kappa shape index (κ1) is 11.7. The second kappa shape index (κ2) is 4.58. The van der Waals surface area contributed by atoms with E-state index in [-0.39, 0.29) is 34.8 Å². The second-order valence-electron chi connectivity index (χ2n) is 3.67. The van der Waals surface area contributed by atoms with Crippen LogP contribution in [-0.4, -0.2) is 41.3 Å². The predicted molar refractivity (Wildman–Crippen MR) is 62.6 cm³/mol. The summed E-state index contributed by atoms with van der Waals surface area (Å²) in [4.78, 5) is 28.5. The van der Waals surface area contributed by atoms with E-state index < -0.39 is 0 Å². The van der Waals surface area contributed by atoms with Gasteiger partial charge in [0.15, 0.2) is 0 Å². The average molecular weight is 255 g/mol. The van der Waals surface area contributed by atoms with Gasteiger partial charge in [0, 0.05) is 13.1 Å². The maximum atomic E-state index is 12.1. The van der Waals surface area contributed by atoms with Gasteiger partial charge in [0.05, 0.1) is 24.0 Å². The summed E-state index contributed by atoms with van der Waals surface area (Å²) in [5, 5.41) is 2.84. The lowest BCUT2D eigenvalue weighted by molar-refractivity contribution is -0.123. The minimum Gasteiger partial charge on any atom is -0.397 e. The zero-order valence-corrected chi connectivity index (χ0v) is 9.70. The van der Waals surface area contributed by atoms with Gasteiger partial charge in [-0.15, -0.1) is 0 Å². The van der Waals surface area contributed by atoms with E-state index in [0.29, 0.717) is 13.1 Å². The number of carbonyl (C=O) groups excluding carboxylic acids is 2. The van der Waals surface area contributed by atoms with Crippen LogP contribution in [0.5, 0.6) is 0 Å². The summed E-state index contributed by atoms with van der Waals surface area (Å²) in [7, 11) is 0. The third-order valence-electron chi connectivity index (χ3n) is 2.46. The number of nitrogens with zero attached hydrogens (tertiary/aromatic N) is 2. The zero-order chi connectivity index (χ0) is 12.4. The van der Waals surface area contributed by atoms with E-state index in [1.54, 1.807) is 0 Å². The van der Waals surface area contributed by atoms with E-state index in [1.807, 2.05) is 0 Å². The molecule has 1 aromatic heterocycles. The number of halogens is 1. The first-order chi connectivity index (χ1) is 8.08. The number of rotatable bonds is 1. The molecular weight excluding hydrogens is 244 g/mol. The standard InChI is InChI=1S/C10H11ClN4O2/c11-8-3-6(7(12)4-14-8)10(17)15-2-1-13-9(16)5-15/h3-4H,1-2,5,12H2,(H,13,16). The van der Waals surface area contributed by atoms with Crippen molar-refractivity contribution in [3.8, 4) is 0 Å². The molecule has 17 heavy (non-hydrogen) atoms. The second-order valence-corrected chi connectivity index (χ2v) is 4.06. The average Bonchev–Trinajstić information content (AvgIpc) is 2.31. The third-order valence-corrected chi connectivity index (χ3v) is 2.66. The van der Waals surface area contributed by atoms with Crippen molar-refractivity contribution in [3.63, 3.8) is 0 Å². The number of anilines is 1. The Morgan fingerprint density at radius 1 is 1.59 bits per heavy atom. The largest absolute Gasteiger partial charge is 0.397 e. The number of nitrogens with two attached hydrogens (primary N) is 1. The van der Waals surface area contributed by atoms with Crippen molar-refractivity contribution in [1.29, 1.82) is 0 Å². The zero-order valence-electron chi connectivity index (χ0n) is 8.94. The van der Waals surface area contributed by atoms with Crippen LogP contribution in [0.15, 0.2) is 12.3 Å². The Kier molecular flexibility index (Phi) is 3.14. The molecule has 1 aliphatic rings. The van der Waals surface area contributed by atoms with Crippen LogP contribution in [0.4, 0.5) is 5.69 Å². The van der Waals surface area contributed by atoms with Gasteiger partial charge in [0.1, 0.15) is 5.15 Å². The van der Waals surface area contributed by atoms with Gasteiger partial charge in [0.2, 0.25) is 5.91 Å². The molecule has 3 N–H and O–H groups in total. The van der Waals surface area contributed by atoms with Crippen LogP contribution in [-0.2, 0) is 4.79 Å². The molecule has 2 amide bonds. The fourth-order valence-corrected chi connectivity index (χ4v) is 1.77. The van der Waals surface area contributed by atoms with E-state index in [1.165, 1.54) is 17.2 Å². The van der Waals surface area contributed by atoms with Gasteiger partial charge in [-0.25, -0.2) is 4.98 Å². The minimum atomic E-state index is -0.304. The molecule has 0 atom stereocenters. The van der Waals surface area contributed by atoms with Crippen molar-refractivity contribution in [2.75, 3.05) is 25.4 Å². The maximum Gasteiger partial charge on any atom is 0.256 e. The highest BCUT2D eigenvalue weighted by Crippen LogP contribution is 2.17. The number of pyridine rings is 1. The maximum absolute atomic E-state index is 12.1. The molecule has 2 rings (SSSR count). The number of aromatic nitrogens is 1. The van der Waals surface area contributed by atoms with E-state index in [0.717, 1.165) is 0 Å². The van der Waals surface area contributed by atoms with Gasteiger partial charge in [-0.2, -0.15) is 0 Å². The fraction of sp³-hybridized carbons (Fsp3) is 0.300. The number of carbonyl (C=O) groups is 2. The van der Waals surface area contributed by atoms with E-state index in [4.69, 9.17) is 17.3 Å². The van der Waals surface area contributed by atoms with Gasteiger partial charge < -0.3 is 16.0 Å². The number of piperazine rings is 1. The Labute approximate surface area is 103 Å². The van der Waals surface area contributed by atoms with E-state index >= 15 is 0 Å². The molecule has 7 heteroatoms. The molecule has 0 aromatic carbocycles. The van der Waals surface area contributed by atoms with Gasteiger partial charge in [-0.05, 0) is 6.07 Å². The molecule has 2 heterocycles. The van der Waals surface area contributed by atoms with Gasteiger partial charge >= 0.3 is 0 Å². The topological polar surface area (TPSA) is 88.3 Å². The minimum absolute atomic E-state index is 0.0399. The smallest absolute Gasteiger partial charge is 0.256 e.